The molecule has 2 heterocycles. The minimum absolute atomic E-state index is 0. The van der Waals surface area contributed by atoms with Crippen molar-refractivity contribution in [3.8, 4) is 0 Å². The van der Waals surface area contributed by atoms with Gasteiger partial charge in [0.05, 0.1) is 25.4 Å². The van der Waals surface area contributed by atoms with Gasteiger partial charge in [-0.25, -0.2) is 14.4 Å². The van der Waals surface area contributed by atoms with Crippen LogP contribution in [0.4, 0.5) is 10.1 Å². The molecule has 0 radical (unpaired) electrons. The average molecular weight is 548 g/mol. The highest BCUT2D eigenvalue weighted by Gasteiger charge is 2.15. The van der Waals surface area contributed by atoms with E-state index in [1.807, 2.05) is 30.0 Å². The Morgan fingerprint density at radius 1 is 1.20 bits per heavy atom. The van der Waals surface area contributed by atoms with E-state index in [9.17, 15) is 4.39 Å². The maximum atomic E-state index is 14.5. The lowest BCUT2D eigenvalue weighted by Crippen LogP contribution is -2.38. The number of guanidine groups is 1. The van der Waals surface area contributed by atoms with Gasteiger partial charge in [-0.05, 0) is 42.7 Å². The van der Waals surface area contributed by atoms with Gasteiger partial charge in [0, 0.05) is 32.4 Å². The van der Waals surface area contributed by atoms with Crippen LogP contribution in [0.2, 0.25) is 5.15 Å². The number of nitrogens with one attached hydrogen (secondary N) is 2. The first-order chi connectivity index (χ1) is 14.2. The number of aliphatic imine (C=N–C) groups is 1. The van der Waals surface area contributed by atoms with Crippen molar-refractivity contribution in [3.05, 3.63) is 58.6 Å². The van der Waals surface area contributed by atoms with E-state index in [0.29, 0.717) is 56.2 Å². The fourth-order valence-corrected chi connectivity index (χ4v) is 3.21. The molecule has 1 aromatic carbocycles. The molecule has 6 nitrogen and oxygen atoms in total. The molecule has 0 atom stereocenters. The summed E-state index contributed by atoms with van der Waals surface area (Å²) in [6.45, 7) is 6.57. The summed E-state index contributed by atoms with van der Waals surface area (Å²) >= 11 is 5.81. The van der Waals surface area contributed by atoms with Crippen molar-refractivity contribution < 1.29 is 9.13 Å². The number of hydrogen-bond donors (Lipinski definition) is 2. The average Bonchev–Trinajstić information content (AvgIpc) is 2.74. The molecule has 1 fully saturated rings. The maximum Gasteiger partial charge on any atom is 0.191 e. The van der Waals surface area contributed by atoms with Crippen LogP contribution < -0.4 is 15.5 Å². The van der Waals surface area contributed by atoms with E-state index in [1.54, 1.807) is 18.3 Å². The van der Waals surface area contributed by atoms with Crippen LogP contribution in [-0.2, 0) is 17.7 Å². The second kappa shape index (κ2) is 12.9. The van der Waals surface area contributed by atoms with Gasteiger partial charge < -0.3 is 20.3 Å². The second-order valence-electron chi connectivity index (χ2n) is 6.75. The van der Waals surface area contributed by atoms with Gasteiger partial charge in [-0.1, -0.05) is 23.7 Å². The number of hydrogen-bond acceptors (Lipinski definition) is 4. The highest BCUT2D eigenvalue weighted by molar-refractivity contribution is 14.0. The number of rotatable bonds is 7. The van der Waals surface area contributed by atoms with Crippen molar-refractivity contribution in [2.45, 2.75) is 19.9 Å². The molecule has 0 unspecified atom stereocenters. The van der Waals surface area contributed by atoms with Crippen molar-refractivity contribution >= 4 is 47.2 Å². The topological polar surface area (TPSA) is 61.8 Å². The Kier molecular flexibility index (Phi) is 10.6. The minimum atomic E-state index is -0.215. The van der Waals surface area contributed by atoms with E-state index in [1.165, 1.54) is 0 Å². The quantitative estimate of drug-likeness (QED) is 0.240. The van der Waals surface area contributed by atoms with E-state index in [4.69, 9.17) is 16.3 Å². The zero-order valence-corrected chi connectivity index (χ0v) is 20.1. The summed E-state index contributed by atoms with van der Waals surface area (Å²) in [5.41, 5.74) is 2.56. The van der Waals surface area contributed by atoms with E-state index in [2.05, 4.69) is 20.6 Å². The second-order valence-corrected chi connectivity index (χ2v) is 7.13. The fourth-order valence-electron chi connectivity index (χ4n) is 3.10. The van der Waals surface area contributed by atoms with Crippen LogP contribution >= 0.6 is 35.6 Å². The number of pyridine rings is 1. The van der Waals surface area contributed by atoms with E-state index >= 15 is 0 Å². The summed E-state index contributed by atoms with van der Waals surface area (Å²) in [6.07, 6.45) is 2.57. The molecule has 0 saturated carbocycles. The summed E-state index contributed by atoms with van der Waals surface area (Å²) in [7, 11) is 0. The molecule has 0 bridgehead atoms. The molecular weight excluding hydrogens is 520 g/mol. The standard InChI is InChI=1S/C21H27ClFN5O.HI/c1-2-24-21(25-8-7-16-4-6-20(22)26-14-16)27-15-17-3-5-19(18(23)13-17)28-9-11-29-12-10-28;/h3-6,13-14H,2,7-12,15H2,1H3,(H2,24,25,27);1H. The van der Waals surface area contributed by atoms with Gasteiger partial charge in [-0.2, -0.15) is 0 Å². The zero-order chi connectivity index (χ0) is 20.5. The summed E-state index contributed by atoms with van der Waals surface area (Å²) in [4.78, 5) is 10.7. The Bertz CT molecular complexity index is 816. The molecule has 1 aliphatic heterocycles. The molecule has 2 N–H and O–H groups in total. The highest BCUT2D eigenvalue weighted by Crippen LogP contribution is 2.22. The predicted octanol–water partition coefficient (Wildman–Crippen LogP) is 3.63. The first-order valence-corrected chi connectivity index (χ1v) is 10.3. The van der Waals surface area contributed by atoms with Gasteiger partial charge >= 0.3 is 0 Å². The van der Waals surface area contributed by atoms with Gasteiger partial charge in [0.1, 0.15) is 11.0 Å². The molecule has 1 aromatic heterocycles. The third-order valence-electron chi connectivity index (χ3n) is 4.62. The van der Waals surface area contributed by atoms with Gasteiger partial charge in [0.2, 0.25) is 0 Å². The minimum Gasteiger partial charge on any atom is -0.378 e. The van der Waals surface area contributed by atoms with Crippen LogP contribution in [-0.4, -0.2) is 50.3 Å². The van der Waals surface area contributed by atoms with Gasteiger partial charge in [-0.15, -0.1) is 24.0 Å². The van der Waals surface area contributed by atoms with Crippen molar-refractivity contribution in [3.63, 3.8) is 0 Å². The monoisotopic (exact) mass is 547 g/mol. The lowest BCUT2D eigenvalue weighted by molar-refractivity contribution is 0.122. The van der Waals surface area contributed by atoms with Gasteiger partial charge in [0.15, 0.2) is 5.96 Å². The number of aromatic nitrogens is 1. The van der Waals surface area contributed by atoms with Crippen molar-refractivity contribution in [1.29, 1.82) is 0 Å². The van der Waals surface area contributed by atoms with E-state index < -0.39 is 0 Å². The Balaban J connectivity index is 0.00000320. The normalized spacial score (nSPS) is 14.2. The predicted molar refractivity (Wildman–Crippen MR) is 131 cm³/mol. The summed E-state index contributed by atoms with van der Waals surface area (Å²) in [5, 5.41) is 7.00. The third kappa shape index (κ3) is 7.55. The molecule has 30 heavy (non-hydrogen) atoms. The molecule has 0 spiro atoms. The number of ether oxygens (including phenoxy) is 1. The van der Waals surface area contributed by atoms with Crippen LogP contribution in [0.25, 0.3) is 0 Å². The molecule has 1 saturated heterocycles. The molecule has 0 amide bonds. The summed E-state index contributed by atoms with van der Waals surface area (Å²) < 4.78 is 19.9. The number of morpholine rings is 1. The third-order valence-corrected chi connectivity index (χ3v) is 4.85. The summed E-state index contributed by atoms with van der Waals surface area (Å²) in [6, 6.07) is 9.07. The molecule has 3 rings (SSSR count). The van der Waals surface area contributed by atoms with Crippen molar-refractivity contribution in [2.24, 2.45) is 4.99 Å². The van der Waals surface area contributed by atoms with Crippen LogP contribution in [0, 0.1) is 5.82 Å². The largest absolute Gasteiger partial charge is 0.378 e. The molecule has 1 aliphatic rings. The number of halogens is 3. The van der Waals surface area contributed by atoms with E-state index in [-0.39, 0.29) is 29.8 Å². The Morgan fingerprint density at radius 3 is 2.63 bits per heavy atom. The Labute approximate surface area is 199 Å². The number of nitrogens with zero attached hydrogens (tertiary/aromatic N) is 3. The Hall–Kier alpha value is -1.65. The smallest absolute Gasteiger partial charge is 0.191 e. The highest BCUT2D eigenvalue weighted by atomic mass is 127. The Morgan fingerprint density at radius 2 is 1.97 bits per heavy atom. The lowest BCUT2D eigenvalue weighted by atomic mass is 10.1. The van der Waals surface area contributed by atoms with E-state index in [0.717, 1.165) is 24.1 Å². The molecule has 2 aromatic rings. The molecule has 0 aliphatic carbocycles. The van der Waals surface area contributed by atoms with Crippen LogP contribution in [0.5, 0.6) is 0 Å². The maximum absolute atomic E-state index is 14.5. The van der Waals surface area contributed by atoms with Crippen LogP contribution in [0.15, 0.2) is 41.5 Å². The van der Waals surface area contributed by atoms with Gasteiger partial charge in [0.25, 0.3) is 0 Å². The van der Waals surface area contributed by atoms with Crippen molar-refractivity contribution in [1.82, 2.24) is 15.6 Å². The molecule has 164 valence electrons. The first kappa shape index (κ1) is 24.6. The number of anilines is 1. The first-order valence-electron chi connectivity index (χ1n) is 9.89. The lowest BCUT2D eigenvalue weighted by Gasteiger charge is -2.29. The molecule has 9 heteroatoms. The SMILES string of the molecule is CCNC(=NCc1ccc(N2CCOCC2)c(F)c1)NCCc1ccc(Cl)nc1.I. The van der Waals surface area contributed by atoms with Gasteiger partial charge in [-0.3, -0.25) is 0 Å². The van der Waals surface area contributed by atoms with Crippen molar-refractivity contribution in [2.75, 3.05) is 44.3 Å². The summed E-state index contributed by atoms with van der Waals surface area (Å²) in [5.74, 6) is 0.486. The van der Waals surface area contributed by atoms with Crippen LogP contribution in [0.3, 0.4) is 0 Å². The zero-order valence-electron chi connectivity index (χ0n) is 17.0. The number of benzene rings is 1. The van der Waals surface area contributed by atoms with Crippen LogP contribution in [0.1, 0.15) is 18.1 Å². The molecular formula is C21H28ClFIN5O. The fraction of sp³-hybridized carbons (Fsp3) is 0.429.